The zero-order chi connectivity index (χ0) is 14.9. The summed E-state index contributed by atoms with van der Waals surface area (Å²) in [6.45, 7) is 3.05. The third kappa shape index (κ3) is 3.67. The molecule has 1 saturated carbocycles. The third-order valence-electron chi connectivity index (χ3n) is 4.57. The second-order valence-electron chi connectivity index (χ2n) is 6.07. The van der Waals surface area contributed by atoms with Crippen molar-refractivity contribution in [2.75, 3.05) is 18.8 Å². The van der Waals surface area contributed by atoms with Gasteiger partial charge in [0.2, 0.25) is 10.0 Å². The number of piperidine rings is 1. The van der Waals surface area contributed by atoms with Crippen LogP contribution in [0.1, 0.15) is 43.5 Å². The highest BCUT2D eigenvalue weighted by molar-refractivity contribution is 7.89. The van der Waals surface area contributed by atoms with E-state index in [9.17, 15) is 8.42 Å². The first-order valence-electron chi connectivity index (χ1n) is 7.87. The Morgan fingerprint density at radius 2 is 2.05 bits per heavy atom. The summed E-state index contributed by atoms with van der Waals surface area (Å²) in [5.41, 5.74) is 0. The Balaban J connectivity index is 1.57. The van der Waals surface area contributed by atoms with Crippen LogP contribution in [-0.4, -0.2) is 37.6 Å². The molecule has 0 bridgehead atoms. The van der Waals surface area contributed by atoms with Gasteiger partial charge in [-0.25, -0.2) is 12.7 Å². The standard InChI is InChI=1S/C15H24N2O2S2/c1-2-21(18,19)17-9-7-13(8-10-17)16-15(12-5-6-12)14-4-3-11-20-14/h3-4,11-13,15-16H,2,5-10H2,1H3. The van der Waals surface area contributed by atoms with Crippen LogP contribution < -0.4 is 5.32 Å². The maximum absolute atomic E-state index is 11.9. The van der Waals surface area contributed by atoms with Crippen molar-refractivity contribution in [2.24, 2.45) is 5.92 Å². The minimum Gasteiger partial charge on any atom is -0.306 e. The molecule has 3 rings (SSSR count). The van der Waals surface area contributed by atoms with Crippen molar-refractivity contribution < 1.29 is 8.42 Å². The largest absolute Gasteiger partial charge is 0.306 e. The van der Waals surface area contributed by atoms with E-state index in [0.717, 1.165) is 18.8 Å². The Morgan fingerprint density at radius 1 is 1.33 bits per heavy atom. The average Bonchev–Trinajstić information content (AvgIpc) is 3.19. The molecule has 2 fully saturated rings. The van der Waals surface area contributed by atoms with E-state index in [1.807, 2.05) is 11.3 Å². The van der Waals surface area contributed by atoms with E-state index in [4.69, 9.17) is 0 Å². The van der Waals surface area contributed by atoms with E-state index in [1.54, 1.807) is 11.2 Å². The molecular formula is C15H24N2O2S2. The van der Waals surface area contributed by atoms with E-state index in [0.29, 0.717) is 25.2 Å². The van der Waals surface area contributed by atoms with Crippen molar-refractivity contribution in [3.05, 3.63) is 22.4 Å². The lowest BCUT2D eigenvalue weighted by atomic mass is 10.0. The van der Waals surface area contributed by atoms with Gasteiger partial charge < -0.3 is 5.32 Å². The molecule has 0 spiro atoms. The Labute approximate surface area is 131 Å². The van der Waals surface area contributed by atoms with Crippen LogP contribution in [0.15, 0.2) is 17.5 Å². The Morgan fingerprint density at radius 3 is 2.57 bits per heavy atom. The molecule has 4 nitrogen and oxygen atoms in total. The van der Waals surface area contributed by atoms with E-state index in [2.05, 4.69) is 22.8 Å². The summed E-state index contributed by atoms with van der Waals surface area (Å²) in [6, 6.07) is 5.26. The molecule has 1 aliphatic heterocycles. The van der Waals surface area contributed by atoms with Crippen LogP contribution in [0.2, 0.25) is 0 Å². The van der Waals surface area contributed by atoms with Gasteiger partial charge in [-0.1, -0.05) is 6.07 Å². The molecule has 6 heteroatoms. The fourth-order valence-electron chi connectivity index (χ4n) is 3.09. The van der Waals surface area contributed by atoms with Gasteiger partial charge >= 0.3 is 0 Å². The summed E-state index contributed by atoms with van der Waals surface area (Å²) in [5.74, 6) is 0.992. The lowest BCUT2D eigenvalue weighted by Gasteiger charge is -2.33. The van der Waals surface area contributed by atoms with Crippen molar-refractivity contribution in [1.29, 1.82) is 0 Å². The first kappa shape index (κ1) is 15.5. The van der Waals surface area contributed by atoms with Crippen LogP contribution >= 0.6 is 11.3 Å². The molecular weight excluding hydrogens is 304 g/mol. The number of rotatable bonds is 6. The van der Waals surface area contributed by atoms with Crippen LogP contribution in [-0.2, 0) is 10.0 Å². The van der Waals surface area contributed by atoms with E-state index < -0.39 is 10.0 Å². The highest BCUT2D eigenvalue weighted by atomic mass is 32.2. The molecule has 0 radical (unpaired) electrons. The van der Waals surface area contributed by atoms with E-state index in [1.165, 1.54) is 17.7 Å². The number of sulfonamides is 1. The molecule has 118 valence electrons. The molecule has 1 aromatic rings. The minimum absolute atomic E-state index is 0.213. The Bertz CT molecular complexity index is 544. The van der Waals surface area contributed by atoms with Crippen molar-refractivity contribution in [3.8, 4) is 0 Å². The van der Waals surface area contributed by atoms with Gasteiger partial charge in [-0.05, 0) is 50.0 Å². The first-order chi connectivity index (χ1) is 10.1. The summed E-state index contributed by atoms with van der Waals surface area (Å²) in [7, 11) is -3.01. The van der Waals surface area contributed by atoms with Crippen molar-refractivity contribution >= 4 is 21.4 Å². The lowest BCUT2D eigenvalue weighted by Crippen LogP contribution is -2.46. The maximum atomic E-state index is 11.9. The van der Waals surface area contributed by atoms with Gasteiger partial charge in [0.05, 0.1) is 5.75 Å². The van der Waals surface area contributed by atoms with Crippen molar-refractivity contribution in [3.63, 3.8) is 0 Å². The van der Waals surface area contributed by atoms with Gasteiger partial charge in [-0.3, -0.25) is 0 Å². The van der Waals surface area contributed by atoms with Gasteiger partial charge in [-0.2, -0.15) is 0 Å². The molecule has 1 saturated heterocycles. The summed E-state index contributed by atoms with van der Waals surface area (Å²) >= 11 is 1.83. The van der Waals surface area contributed by atoms with Crippen molar-refractivity contribution in [2.45, 2.75) is 44.7 Å². The smallest absolute Gasteiger partial charge is 0.213 e. The maximum Gasteiger partial charge on any atom is 0.213 e. The zero-order valence-corrected chi connectivity index (χ0v) is 14.1. The summed E-state index contributed by atoms with van der Waals surface area (Å²) in [5, 5.41) is 5.94. The number of thiophene rings is 1. The molecule has 1 aromatic heterocycles. The predicted molar refractivity (Wildman–Crippen MR) is 87.0 cm³/mol. The van der Waals surface area contributed by atoms with E-state index in [-0.39, 0.29) is 5.75 Å². The predicted octanol–water partition coefficient (Wildman–Crippen LogP) is 2.60. The van der Waals surface area contributed by atoms with E-state index >= 15 is 0 Å². The van der Waals surface area contributed by atoms with Crippen LogP contribution in [0.4, 0.5) is 0 Å². The number of hydrogen-bond donors (Lipinski definition) is 1. The van der Waals surface area contributed by atoms with Crippen LogP contribution in [0.25, 0.3) is 0 Å². The van der Waals surface area contributed by atoms with Gasteiger partial charge in [0.15, 0.2) is 0 Å². The van der Waals surface area contributed by atoms with Crippen LogP contribution in [0.5, 0.6) is 0 Å². The van der Waals surface area contributed by atoms with Crippen LogP contribution in [0, 0.1) is 5.92 Å². The topological polar surface area (TPSA) is 49.4 Å². The normalized spacial score (nSPS) is 23.3. The Hall–Kier alpha value is -0.430. The van der Waals surface area contributed by atoms with Crippen LogP contribution in [0.3, 0.4) is 0 Å². The minimum atomic E-state index is -3.01. The molecule has 2 heterocycles. The SMILES string of the molecule is CCS(=O)(=O)N1CCC(NC(c2cccs2)C2CC2)CC1. The highest BCUT2D eigenvalue weighted by Gasteiger charge is 2.35. The second-order valence-corrected chi connectivity index (χ2v) is 9.31. The molecule has 1 atom stereocenters. The average molecular weight is 329 g/mol. The fourth-order valence-corrected chi connectivity index (χ4v) is 5.10. The number of nitrogens with zero attached hydrogens (tertiary/aromatic N) is 1. The molecule has 1 N–H and O–H groups in total. The van der Waals surface area contributed by atoms with Gasteiger partial charge in [-0.15, -0.1) is 11.3 Å². The summed E-state index contributed by atoms with van der Waals surface area (Å²) in [4.78, 5) is 1.43. The van der Waals surface area contributed by atoms with Crippen molar-refractivity contribution in [1.82, 2.24) is 9.62 Å². The highest BCUT2D eigenvalue weighted by Crippen LogP contribution is 2.43. The number of hydrogen-bond acceptors (Lipinski definition) is 4. The fraction of sp³-hybridized carbons (Fsp3) is 0.733. The first-order valence-corrected chi connectivity index (χ1v) is 10.4. The second kappa shape index (κ2) is 6.36. The quantitative estimate of drug-likeness (QED) is 0.873. The summed E-state index contributed by atoms with van der Waals surface area (Å²) in [6.07, 6.45) is 4.49. The number of nitrogens with one attached hydrogen (secondary N) is 1. The summed E-state index contributed by atoms with van der Waals surface area (Å²) < 4.78 is 25.4. The molecule has 21 heavy (non-hydrogen) atoms. The molecule has 0 aromatic carbocycles. The molecule has 1 aliphatic carbocycles. The molecule has 0 amide bonds. The third-order valence-corrected chi connectivity index (χ3v) is 7.41. The van der Waals surface area contributed by atoms with Gasteiger partial charge in [0.1, 0.15) is 0 Å². The molecule has 2 aliphatic rings. The lowest BCUT2D eigenvalue weighted by molar-refractivity contribution is 0.267. The monoisotopic (exact) mass is 328 g/mol. The molecule has 1 unspecified atom stereocenters. The van der Waals surface area contributed by atoms with Gasteiger partial charge in [0.25, 0.3) is 0 Å². The van der Waals surface area contributed by atoms with Gasteiger partial charge in [0, 0.05) is 30.1 Å². The Kier molecular flexibility index (Phi) is 4.69. The zero-order valence-electron chi connectivity index (χ0n) is 12.5.